The molecular formula is C11H9IN2OS. The van der Waals surface area contributed by atoms with E-state index in [0.717, 1.165) is 9.13 Å². The average molecular weight is 344 g/mol. The number of halogens is 1. The lowest BCUT2D eigenvalue weighted by Crippen LogP contribution is -2.07. The van der Waals surface area contributed by atoms with Crippen LogP contribution in [0.5, 0.6) is 0 Å². The van der Waals surface area contributed by atoms with Crippen molar-refractivity contribution in [2.75, 3.05) is 6.26 Å². The van der Waals surface area contributed by atoms with Crippen LogP contribution in [-0.4, -0.2) is 16.2 Å². The van der Waals surface area contributed by atoms with Crippen LogP contribution in [0.15, 0.2) is 40.3 Å². The van der Waals surface area contributed by atoms with Crippen molar-refractivity contribution >= 4 is 34.4 Å². The smallest absolute Gasteiger partial charge is 0.252 e. The van der Waals surface area contributed by atoms with Crippen molar-refractivity contribution in [2.24, 2.45) is 0 Å². The first kappa shape index (κ1) is 11.7. The van der Waals surface area contributed by atoms with Gasteiger partial charge in [-0.05, 0) is 41.0 Å². The zero-order valence-electron chi connectivity index (χ0n) is 8.53. The van der Waals surface area contributed by atoms with Gasteiger partial charge >= 0.3 is 0 Å². The van der Waals surface area contributed by atoms with E-state index < -0.39 is 0 Å². The number of hydrogen-bond acceptors (Lipinski definition) is 3. The van der Waals surface area contributed by atoms with Crippen LogP contribution in [0.2, 0.25) is 0 Å². The molecule has 0 amide bonds. The van der Waals surface area contributed by atoms with Crippen molar-refractivity contribution in [3.63, 3.8) is 0 Å². The summed E-state index contributed by atoms with van der Waals surface area (Å²) in [5.41, 5.74) is 1.56. The third-order valence-corrected chi connectivity index (χ3v) is 3.28. The maximum Gasteiger partial charge on any atom is 0.252 e. The predicted molar refractivity (Wildman–Crippen MR) is 74.8 cm³/mol. The van der Waals surface area contributed by atoms with Crippen LogP contribution in [0, 0.1) is 3.57 Å². The zero-order chi connectivity index (χ0) is 11.5. The second-order valence-corrected chi connectivity index (χ2v) is 5.19. The van der Waals surface area contributed by atoms with Gasteiger partial charge in [-0.3, -0.25) is 4.79 Å². The molecule has 0 radical (unpaired) electrons. The van der Waals surface area contributed by atoms with Crippen molar-refractivity contribution in [1.29, 1.82) is 0 Å². The van der Waals surface area contributed by atoms with E-state index in [0.29, 0.717) is 10.9 Å². The number of rotatable bonds is 2. The normalized spacial score (nSPS) is 10.4. The Kier molecular flexibility index (Phi) is 3.65. The van der Waals surface area contributed by atoms with Crippen molar-refractivity contribution < 1.29 is 0 Å². The molecule has 0 spiro atoms. The molecule has 0 aliphatic rings. The predicted octanol–water partition coefficient (Wildman–Crippen LogP) is 2.76. The number of nitrogens with zero attached hydrogens (tertiary/aromatic N) is 1. The monoisotopic (exact) mass is 344 g/mol. The minimum absolute atomic E-state index is 0.117. The SMILES string of the molecule is CSc1nc(-c2cccc(I)c2)cc(=O)[nH]1. The minimum atomic E-state index is -0.117. The highest BCUT2D eigenvalue weighted by molar-refractivity contribution is 14.1. The standard InChI is InChI=1S/C11H9IN2OS/c1-16-11-13-9(6-10(15)14-11)7-3-2-4-8(12)5-7/h2-6H,1H3,(H,13,14,15). The van der Waals surface area contributed by atoms with Gasteiger partial charge in [0.1, 0.15) is 0 Å². The van der Waals surface area contributed by atoms with Gasteiger partial charge in [0.15, 0.2) is 5.16 Å². The summed E-state index contributed by atoms with van der Waals surface area (Å²) in [5, 5.41) is 0.640. The lowest BCUT2D eigenvalue weighted by Gasteiger charge is -2.02. The Bertz CT molecular complexity index is 568. The van der Waals surface area contributed by atoms with Crippen molar-refractivity contribution in [1.82, 2.24) is 9.97 Å². The summed E-state index contributed by atoms with van der Waals surface area (Å²) < 4.78 is 1.13. The van der Waals surface area contributed by atoms with Crippen molar-refractivity contribution in [2.45, 2.75) is 5.16 Å². The lowest BCUT2D eigenvalue weighted by molar-refractivity contribution is 0.945. The Balaban J connectivity index is 2.55. The number of benzene rings is 1. The molecule has 1 N–H and O–H groups in total. The first-order valence-electron chi connectivity index (χ1n) is 4.60. The fourth-order valence-corrected chi connectivity index (χ4v) is 2.26. The van der Waals surface area contributed by atoms with Gasteiger partial charge in [-0.15, -0.1) is 0 Å². The van der Waals surface area contributed by atoms with Crippen molar-refractivity contribution in [3.8, 4) is 11.3 Å². The van der Waals surface area contributed by atoms with E-state index in [1.807, 2.05) is 30.5 Å². The topological polar surface area (TPSA) is 45.8 Å². The molecule has 2 aromatic rings. The van der Waals surface area contributed by atoms with Gasteiger partial charge in [-0.1, -0.05) is 23.9 Å². The van der Waals surface area contributed by atoms with Crippen molar-refractivity contribution in [3.05, 3.63) is 44.3 Å². The molecule has 1 aromatic carbocycles. The molecule has 3 nitrogen and oxygen atoms in total. The van der Waals surface area contributed by atoms with Crippen LogP contribution in [0.25, 0.3) is 11.3 Å². The summed E-state index contributed by atoms with van der Waals surface area (Å²) in [6.45, 7) is 0. The highest BCUT2D eigenvalue weighted by Gasteiger charge is 2.03. The number of nitrogens with one attached hydrogen (secondary N) is 1. The lowest BCUT2D eigenvalue weighted by atomic mass is 10.1. The summed E-state index contributed by atoms with van der Waals surface area (Å²) in [7, 11) is 0. The molecule has 5 heteroatoms. The summed E-state index contributed by atoms with van der Waals surface area (Å²) in [5.74, 6) is 0. The van der Waals surface area contributed by atoms with Gasteiger partial charge < -0.3 is 4.98 Å². The molecule has 0 saturated carbocycles. The number of aromatic amines is 1. The molecular weight excluding hydrogens is 335 g/mol. The molecule has 2 rings (SSSR count). The third-order valence-electron chi connectivity index (χ3n) is 2.03. The fourth-order valence-electron chi connectivity index (χ4n) is 1.33. The summed E-state index contributed by atoms with van der Waals surface area (Å²) in [6, 6.07) is 9.44. The fraction of sp³-hybridized carbons (Fsp3) is 0.0909. The molecule has 0 atom stereocenters. The Morgan fingerprint density at radius 3 is 2.88 bits per heavy atom. The molecule has 82 valence electrons. The average Bonchev–Trinajstić information content (AvgIpc) is 2.28. The molecule has 16 heavy (non-hydrogen) atoms. The van der Waals surface area contributed by atoms with E-state index in [9.17, 15) is 4.79 Å². The number of thioether (sulfide) groups is 1. The van der Waals surface area contributed by atoms with E-state index in [2.05, 4.69) is 32.6 Å². The molecule has 0 bridgehead atoms. The number of H-pyrrole nitrogens is 1. The van der Waals surface area contributed by atoms with E-state index in [4.69, 9.17) is 0 Å². The van der Waals surface area contributed by atoms with E-state index in [1.54, 1.807) is 0 Å². The van der Waals surface area contributed by atoms with Gasteiger partial charge in [0.2, 0.25) is 0 Å². The van der Waals surface area contributed by atoms with Crippen LogP contribution < -0.4 is 5.56 Å². The van der Waals surface area contributed by atoms with Gasteiger partial charge in [-0.2, -0.15) is 0 Å². The molecule has 1 aromatic heterocycles. The number of hydrogen-bond donors (Lipinski definition) is 1. The largest absolute Gasteiger partial charge is 0.301 e. The molecule has 0 unspecified atom stereocenters. The second-order valence-electron chi connectivity index (χ2n) is 3.15. The van der Waals surface area contributed by atoms with Gasteiger partial charge in [0.25, 0.3) is 5.56 Å². The summed E-state index contributed by atoms with van der Waals surface area (Å²) in [4.78, 5) is 18.5. The Labute approximate surface area is 111 Å². The minimum Gasteiger partial charge on any atom is -0.301 e. The quantitative estimate of drug-likeness (QED) is 0.518. The first-order chi connectivity index (χ1) is 7.69. The molecule has 0 aliphatic carbocycles. The van der Waals surface area contributed by atoms with E-state index >= 15 is 0 Å². The maximum absolute atomic E-state index is 11.4. The van der Waals surface area contributed by atoms with E-state index in [1.165, 1.54) is 17.8 Å². The van der Waals surface area contributed by atoms with Crippen LogP contribution in [-0.2, 0) is 0 Å². The maximum atomic E-state index is 11.4. The van der Waals surface area contributed by atoms with Crippen LogP contribution in [0.1, 0.15) is 0 Å². The molecule has 1 heterocycles. The molecule has 0 saturated heterocycles. The molecule has 0 fully saturated rings. The highest BCUT2D eigenvalue weighted by atomic mass is 127. The summed E-state index contributed by atoms with van der Waals surface area (Å²) >= 11 is 3.67. The van der Waals surface area contributed by atoms with Gasteiger partial charge in [0, 0.05) is 15.2 Å². The van der Waals surface area contributed by atoms with Gasteiger partial charge in [0.05, 0.1) is 5.69 Å². The second kappa shape index (κ2) is 5.01. The molecule has 0 aliphatic heterocycles. The van der Waals surface area contributed by atoms with Crippen LogP contribution in [0.3, 0.4) is 0 Å². The Morgan fingerprint density at radius 2 is 2.19 bits per heavy atom. The first-order valence-corrected chi connectivity index (χ1v) is 6.90. The zero-order valence-corrected chi connectivity index (χ0v) is 11.5. The highest BCUT2D eigenvalue weighted by Crippen LogP contribution is 2.19. The summed E-state index contributed by atoms with van der Waals surface area (Å²) in [6.07, 6.45) is 1.89. The third kappa shape index (κ3) is 2.65. The van der Waals surface area contributed by atoms with E-state index in [-0.39, 0.29) is 5.56 Å². The Morgan fingerprint density at radius 1 is 1.38 bits per heavy atom. The van der Waals surface area contributed by atoms with Crippen LogP contribution >= 0.6 is 34.4 Å². The van der Waals surface area contributed by atoms with Crippen LogP contribution in [0.4, 0.5) is 0 Å². The van der Waals surface area contributed by atoms with Gasteiger partial charge in [-0.25, -0.2) is 4.98 Å². The Hall–Kier alpha value is -0.820. The number of aromatic nitrogens is 2.